The predicted molar refractivity (Wildman–Crippen MR) is 162 cm³/mol. The lowest BCUT2D eigenvalue weighted by Crippen LogP contribution is -2.24. The van der Waals surface area contributed by atoms with Crippen molar-refractivity contribution in [1.82, 2.24) is 8.75 Å². The van der Waals surface area contributed by atoms with Crippen molar-refractivity contribution in [3.05, 3.63) is 126 Å². The van der Waals surface area contributed by atoms with Gasteiger partial charge in [-0.05, 0) is 59.2 Å². The molecule has 0 spiro atoms. The summed E-state index contributed by atoms with van der Waals surface area (Å²) < 4.78 is 9.83. The van der Waals surface area contributed by atoms with E-state index < -0.39 is 0 Å². The summed E-state index contributed by atoms with van der Waals surface area (Å²) in [6, 6.07) is 39.0. The van der Waals surface area contributed by atoms with Gasteiger partial charge in [0.05, 0.1) is 40.2 Å². The Hall–Kier alpha value is -4.68. The minimum Gasteiger partial charge on any atom is -0.344 e. The molecule has 2 aliphatic heterocycles. The monoisotopic (exact) mass is 523 g/mol. The van der Waals surface area contributed by atoms with Gasteiger partial charge in [0.2, 0.25) is 0 Å². The number of benzene rings is 5. The Balaban J connectivity index is 1.37. The van der Waals surface area contributed by atoms with E-state index in [1.165, 1.54) is 39.8 Å². The second kappa shape index (κ2) is 8.41. The zero-order valence-electron chi connectivity index (χ0n) is 21.6. The number of hydrogen-bond acceptors (Lipinski definition) is 6. The maximum atomic E-state index is 4.92. The van der Waals surface area contributed by atoms with Crippen LogP contribution in [0.15, 0.2) is 109 Å². The molecule has 0 N–H and O–H groups in total. The SMILES string of the molecule is CN1c2ccccc2C(c2ccc(N3c4ccccc4N(C)c4ccccc43)c3nsnc23)c2ccccc21. The molecule has 0 atom stereocenters. The Labute approximate surface area is 231 Å². The summed E-state index contributed by atoms with van der Waals surface area (Å²) in [5, 5.41) is 0. The van der Waals surface area contributed by atoms with Crippen molar-refractivity contribution in [1.29, 1.82) is 0 Å². The van der Waals surface area contributed by atoms with Crippen LogP contribution in [0.3, 0.4) is 0 Å². The fourth-order valence-corrected chi connectivity index (χ4v) is 6.96. The van der Waals surface area contributed by atoms with Crippen molar-refractivity contribution >= 4 is 62.6 Å². The molecule has 0 fully saturated rings. The van der Waals surface area contributed by atoms with Gasteiger partial charge in [-0.15, -0.1) is 0 Å². The van der Waals surface area contributed by atoms with Gasteiger partial charge < -0.3 is 14.7 Å². The van der Waals surface area contributed by atoms with E-state index in [2.05, 4.69) is 138 Å². The first-order chi connectivity index (χ1) is 19.2. The quantitative estimate of drug-likeness (QED) is 0.227. The number of aromatic nitrogens is 2. The number of nitrogens with zero attached hydrogens (tertiary/aromatic N) is 5. The molecule has 3 heterocycles. The third-order valence-electron chi connectivity index (χ3n) is 8.16. The second-order valence-electron chi connectivity index (χ2n) is 10.1. The van der Waals surface area contributed by atoms with Crippen LogP contribution in [-0.4, -0.2) is 22.8 Å². The fraction of sp³-hybridized carbons (Fsp3) is 0.0909. The van der Waals surface area contributed by atoms with Crippen LogP contribution in [0.5, 0.6) is 0 Å². The summed E-state index contributed by atoms with van der Waals surface area (Å²) in [6.45, 7) is 0. The first kappa shape index (κ1) is 22.3. The van der Waals surface area contributed by atoms with Crippen LogP contribution in [0.25, 0.3) is 11.0 Å². The molecule has 6 heteroatoms. The summed E-state index contributed by atoms with van der Waals surface area (Å²) >= 11 is 1.29. The Kier molecular flexibility index (Phi) is 4.81. The highest BCUT2D eigenvalue weighted by Crippen LogP contribution is 2.53. The zero-order chi connectivity index (χ0) is 26.1. The highest BCUT2D eigenvalue weighted by Gasteiger charge is 2.33. The van der Waals surface area contributed by atoms with E-state index in [1.54, 1.807) is 0 Å². The van der Waals surface area contributed by atoms with Crippen molar-refractivity contribution in [3.63, 3.8) is 0 Å². The molecule has 0 radical (unpaired) electrons. The molecule has 188 valence electrons. The molecule has 0 amide bonds. The molecule has 8 rings (SSSR count). The average molecular weight is 524 g/mol. The largest absolute Gasteiger partial charge is 0.344 e. The molecule has 5 nitrogen and oxygen atoms in total. The van der Waals surface area contributed by atoms with Crippen LogP contribution in [0.4, 0.5) is 39.8 Å². The Morgan fingerprint density at radius 2 is 0.923 bits per heavy atom. The second-order valence-corrected chi connectivity index (χ2v) is 10.6. The van der Waals surface area contributed by atoms with E-state index in [0.29, 0.717) is 0 Å². The molecular weight excluding hydrogens is 498 g/mol. The van der Waals surface area contributed by atoms with Gasteiger partial charge in [-0.25, -0.2) is 0 Å². The third-order valence-corrected chi connectivity index (χ3v) is 8.69. The number of hydrogen-bond donors (Lipinski definition) is 0. The lowest BCUT2D eigenvalue weighted by atomic mass is 9.80. The molecule has 39 heavy (non-hydrogen) atoms. The van der Waals surface area contributed by atoms with Crippen molar-refractivity contribution in [3.8, 4) is 0 Å². The minimum atomic E-state index is 0.0705. The maximum Gasteiger partial charge on any atom is 0.129 e. The van der Waals surface area contributed by atoms with Crippen molar-refractivity contribution in [2.75, 3.05) is 28.8 Å². The first-order valence-electron chi connectivity index (χ1n) is 13.1. The molecule has 0 unspecified atom stereocenters. The van der Waals surface area contributed by atoms with E-state index in [1.807, 2.05) is 0 Å². The smallest absolute Gasteiger partial charge is 0.129 e. The fourth-order valence-electron chi connectivity index (χ4n) is 6.39. The highest BCUT2D eigenvalue weighted by atomic mass is 32.1. The molecule has 0 bridgehead atoms. The molecule has 2 aliphatic rings. The van der Waals surface area contributed by atoms with Gasteiger partial charge in [0.15, 0.2) is 0 Å². The van der Waals surface area contributed by atoms with E-state index >= 15 is 0 Å². The normalized spacial score (nSPS) is 14.2. The van der Waals surface area contributed by atoms with Gasteiger partial charge in [0.1, 0.15) is 11.0 Å². The summed E-state index contributed by atoms with van der Waals surface area (Å²) in [4.78, 5) is 6.90. The minimum absolute atomic E-state index is 0.0705. The summed E-state index contributed by atoms with van der Waals surface area (Å²) in [5.74, 6) is 0.0705. The van der Waals surface area contributed by atoms with Crippen LogP contribution < -0.4 is 14.7 Å². The highest BCUT2D eigenvalue weighted by molar-refractivity contribution is 7.00. The molecule has 0 aliphatic carbocycles. The molecule has 0 saturated heterocycles. The standard InChI is InChI=1S/C33H25N5S/c1-36-24-13-5-3-11-21(24)31(22-12-4-6-14-25(22)36)23-19-20-30(33-32(23)34-39-35-33)38-28-17-9-7-15-26(28)37(2)27-16-8-10-18-29(27)38/h3-20,31H,1-2H3. The molecule has 0 saturated carbocycles. The lowest BCUT2D eigenvalue weighted by Gasteiger charge is -2.39. The maximum absolute atomic E-state index is 4.92. The molecule has 1 aromatic heterocycles. The summed E-state index contributed by atoms with van der Waals surface area (Å²) in [7, 11) is 4.28. The Morgan fingerprint density at radius 3 is 1.51 bits per heavy atom. The topological polar surface area (TPSA) is 35.5 Å². The van der Waals surface area contributed by atoms with Crippen LogP contribution in [0.1, 0.15) is 22.6 Å². The first-order valence-corrected chi connectivity index (χ1v) is 13.8. The van der Waals surface area contributed by atoms with E-state index in [4.69, 9.17) is 8.75 Å². The Morgan fingerprint density at radius 1 is 0.462 bits per heavy atom. The van der Waals surface area contributed by atoms with E-state index in [-0.39, 0.29) is 5.92 Å². The van der Waals surface area contributed by atoms with Crippen LogP contribution in [-0.2, 0) is 0 Å². The van der Waals surface area contributed by atoms with Gasteiger partial charge in [-0.2, -0.15) is 8.75 Å². The number of fused-ring (bicyclic) bond motifs is 5. The van der Waals surface area contributed by atoms with Gasteiger partial charge in [0.25, 0.3) is 0 Å². The number of para-hydroxylation sites is 6. The third kappa shape index (κ3) is 3.12. The zero-order valence-corrected chi connectivity index (χ0v) is 22.4. The Bertz CT molecular complexity index is 1660. The van der Waals surface area contributed by atoms with E-state index in [9.17, 15) is 0 Å². The summed E-state index contributed by atoms with van der Waals surface area (Å²) in [5.41, 5.74) is 13.7. The van der Waals surface area contributed by atoms with Crippen molar-refractivity contribution in [2.24, 2.45) is 0 Å². The summed E-state index contributed by atoms with van der Waals surface area (Å²) in [6.07, 6.45) is 0. The van der Waals surface area contributed by atoms with E-state index in [0.717, 1.165) is 39.5 Å². The average Bonchev–Trinajstić information content (AvgIpc) is 3.49. The molecular formula is C33H25N5S. The van der Waals surface area contributed by atoms with Crippen molar-refractivity contribution < 1.29 is 0 Å². The number of rotatable bonds is 2. The molecule has 6 aromatic rings. The van der Waals surface area contributed by atoms with Gasteiger partial charge >= 0.3 is 0 Å². The van der Waals surface area contributed by atoms with Crippen LogP contribution >= 0.6 is 11.7 Å². The lowest BCUT2D eigenvalue weighted by molar-refractivity contribution is 0.932. The predicted octanol–water partition coefficient (Wildman–Crippen LogP) is 8.50. The van der Waals surface area contributed by atoms with Gasteiger partial charge in [-0.3, -0.25) is 0 Å². The molecule has 5 aromatic carbocycles. The van der Waals surface area contributed by atoms with Gasteiger partial charge in [-0.1, -0.05) is 66.7 Å². The van der Waals surface area contributed by atoms with Crippen LogP contribution in [0, 0.1) is 0 Å². The number of anilines is 7. The van der Waals surface area contributed by atoms with Gasteiger partial charge in [0, 0.05) is 31.4 Å². The van der Waals surface area contributed by atoms with Crippen LogP contribution in [0.2, 0.25) is 0 Å². The van der Waals surface area contributed by atoms with Crippen molar-refractivity contribution in [2.45, 2.75) is 5.92 Å².